The fraction of sp³-hybridized carbons (Fsp3) is 0.0476. The molecule has 1 saturated heterocycles. The standard InChI is InChI=1S/C21H13Cl2N3O4S/c1-11-9-12(26(28)29)5-7-14(11)17-8-6-13(30-17)10-18-20(27)25-21(31-18)24-16-4-2-3-15(22)19(16)23/h2-10H,1H3,(H,24,25,27)/b18-10+. The van der Waals surface area contributed by atoms with Crippen molar-refractivity contribution in [2.75, 3.05) is 0 Å². The van der Waals surface area contributed by atoms with E-state index in [9.17, 15) is 14.9 Å². The molecule has 2 heterocycles. The number of amidine groups is 1. The summed E-state index contributed by atoms with van der Waals surface area (Å²) in [6.07, 6.45) is 1.60. The molecule has 2 aromatic carbocycles. The number of halogens is 2. The summed E-state index contributed by atoms with van der Waals surface area (Å²) < 4.78 is 5.83. The van der Waals surface area contributed by atoms with Crippen LogP contribution in [0.3, 0.4) is 0 Å². The summed E-state index contributed by atoms with van der Waals surface area (Å²) in [4.78, 5) is 27.5. The van der Waals surface area contributed by atoms with Gasteiger partial charge in [0.05, 0.1) is 25.6 Å². The number of carbonyl (C=O) groups excluding carboxylic acids is 1. The summed E-state index contributed by atoms with van der Waals surface area (Å²) in [6, 6.07) is 13.1. The van der Waals surface area contributed by atoms with E-state index in [4.69, 9.17) is 27.6 Å². The smallest absolute Gasteiger partial charge is 0.269 e. The van der Waals surface area contributed by atoms with Gasteiger partial charge in [-0.05, 0) is 54.6 Å². The number of nitrogens with zero attached hydrogens (tertiary/aromatic N) is 2. The molecule has 31 heavy (non-hydrogen) atoms. The van der Waals surface area contributed by atoms with Gasteiger partial charge in [-0.15, -0.1) is 0 Å². The molecular weight excluding hydrogens is 461 g/mol. The van der Waals surface area contributed by atoms with Gasteiger partial charge < -0.3 is 9.73 Å². The van der Waals surface area contributed by atoms with Gasteiger partial charge >= 0.3 is 0 Å². The molecule has 1 aromatic heterocycles. The van der Waals surface area contributed by atoms with Crippen LogP contribution in [-0.4, -0.2) is 16.0 Å². The average Bonchev–Trinajstić information content (AvgIpc) is 3.32. The lowest BCUT2D eigenvalue weighted by Crippen LogP contribution is -2.19. The van der Waals surface area contributed by atoms with Crippen LogP contribution >= 0.6 is 35.0 Å². The maximum Gasteiger partial charge on any atom is 0.269 e. The maximum atomic E-state index is 12.3. The van der Waals surface area contributed by atoms with Crippen LogP contribution in [0.15, 0.2) is 62.8 Å². The van der Waals surface area contributed by atoms with Gasteiger partial charge in [0.25, 0.3) is 11.6 Å². The number of hydrogen-bond donors (Lipinski definition) is 1. The van der Waals surface area contributed by atoms with E-state index in [1.807, 2.05) is 0 Å². The van der Waals surface area contributed by atoms with E-state index < -0.39 is 4.92 Å². The molecule has 4 rings (SSSR count). The number of aliphatic imine (C=N–C) groups is 1. The summed E-state index contributed by atoms with van der Waals surface area (Å²) in [5.41, 5.74) is 1.91. The van der Waals surface area contributed by atoms with E-state index in [-0.39, 0.29) is 11.6 Å². The Morgan fingerprint density at radius 3 is 2.74 bits per heavy atom. The number of thioether (sulfide) groups is 1. The van der Waals surface area contributed by atoms with Gasteiger partial charge in [-0.3, -0.25) is 14.9 Å². The number of carbonyl (C=O) groups is 1. The molecule has 0 atom stereocenters. The van der Waals surface area contributed by atoms with E-state index in [1.54, 1.807) is 49.4 Å². The molecule has 0 unspecified atom stereocenters. The zero-order valence-corrected chi connectivity index (χ0v) is 18.2. The van der Waals surface area contributed by atoms with E-state index in [1.165, 1.54) is 12.1 Å². The molecular formula is C21H13Cl2N3O4S. The lowest BCUT2D eigenvalue weighted by molar-refractivity contribution is -0.384. The Morgan fingerprint density at radius 2 is 2.00 bits per heavy atom. The quantitative estimate of drug-likeness (QED) is 0.270. The second-order valence-electron chi connectivity index (χ2n) is 6.51. The number of hydrogen-bond acceptors (Lipinski definition) is 6. The molecule has 156 valence electrons. The zero-order chi connectivity index (χ0) is 22.1. The first-order chi connectivity index (χ1) is 14.8. The molecule has 3 aromatic rings. The zero-order valence-electron chi connectivity index (χ0n) is 15.9. The third kappa shape index (κ3) is 4.51. The normalized spacial score (nSPS) is 16.2. The molecule has 1 aliphatic heterocycles. The highest BCUT2D eigenvalue weighted by atomic mass is 35.5. The largest absolute Gasteiger partial charge is 0.457 e. The summed E-state index contributed by atoms with van der Waals surface area (Å²) in [5, 5.41) is 14.6. The molecule has 0 aliphatic carbocycles. The number of furan rings is 1. The summed E-state index contributed by atoms with van der Waals surface area (Å²) >= 11 is 13.3. The van der Waals surface area contributed by atoms with Crippen molar-refractivity contribution in [3.63, 3.8) is 0 Å². The first-order valence-electron chi connectivity index (χ1n) is 8.90. The van der Waals surface area contributed by atoms with E-state index in [0.29, 0.717) is 42.9 Å². The Labute approximate surface area is 190 Å². The highest BCUT2D eigenvalue weighted by molar-refractivity contribution is 8.18. The van der Waals surface area contributed by atoms with Gasteiger partial charge in [0.15, 0.2) is 5.17 Å². The van der Waals surface area contributed by atoms with Crippen LogP contribution in [0.2, 0.25) is 10.0 Å². The van der Waals surface area contributed by atoms with Gasteiger partial charge in [0, 0.05) is 23.8 Å². The number of aryl methyl sites for hydroxylation is 1. The second kappa shape index (κ2) is 8.58. The van der Waals surface area contributed by atoms with Crippen LogP contribution in [0.4, 0.5) is 11.4 Å². The number of amides is 1. The summed E-state index contributed by atoms with van der Waals surface area (Å²) in [5.74, 6) is 0.695. The number of nitrogens with one attached hydrogen (secondary N) is 1. The van der Waals surface area contributed by atoms with Crippen LogP contribution in [-0.2, 0) is 4.79 Å². The van der Waals surface area contributed by atoms with Crippen LogP contribution in [0.5, 0.6) is 0 Å². The Hall–Kier alpha value is -3.07. The molecule has 1 N–H and O–H groups in total. The number of nitro benzene ring substituents is 1. The Morgan fingerprint density at radius 1 is 1.19 bits per heavy atom. The molecule has 10 heteroatoms. The number of nitro groups is 1. The van der Waals surface area contributed by atoms with Crippen LogP contribution in [0.25, 0.3) is 17.4 Å². The van der Waals surface area contributed by atoms with Crippen LogP contribution < -0.4 is 5.32 Å². The second-order valence-corrected chi connectivity index (χ2v) is 8.33. The van der Waals surface area contributed by atoms with E-state index in [2.05, 4.69) is 10.3 Å². The minimum absolute atomic E-state index is 0.0146. The average molecular weight is 474 g/mol. The Balaban J connectivity index is 1.57. The van der Waals surface area contributed by atoms with Gasteiger partial charge in [0.1, 0.15) is 11.5 Å². The fourth-order valence-corrected chi connectivity index (χ4v) is 4.06. The van der Waals surface area contributed by atoms with E-state index >= 15 is 0 Å². The highest BCUT2D eigenvalue weighted by Gasteiger charge is 2.25. The summed E-state index contributed by atoms with van der Waals surface area (Å²) in [6.45, 7) is 1.77. The number of benzene rings is 2. The number of non-ortho nitro benzene ring substituents is 1. The topological polar surface area (TPSA) is 97.7 Å². The molecule has 1 fully saturated rings. The lowest BCUT2D eigenvalue weighted by Gasteiger charge is -2.02. The number of rotatable bonds is 4. The van der Waals surface area contributed by atoms with Crippen LogP contribution in [0, 0.1) is 17.0 Å². The van der Waals surface area contributed by atoms with E-state index in [0.717, 1.165) is 17.3 Å². The molecule has 7 nitrogen and oxygen atoms in total. The molecule has 0 bridgehead atoms. The highest BCUT2D eigenvalue weighted by Crippen LogP contribution is 2.35. The molecule has 0 spiro atoms. The minimum Gasteiger partial charge on any atom is -0.457 e. The van der Waals surface area contributed by atoms with Crippen LogP contribution in [0.1, 0.15) is 11.3 Å². The third-order valence-corrected chi connectivity index (χ3v) is 6.11. The molecule has 1 aliphatic rings. The monoisotopic (exact) mass is 473 g/mol. The van der Waals surface area contributed by atoms with Crippen molar-refractivity contribution in [2.45, 2.75) is 6.92 Å². The first-order valence-corrected chi connectivity index (χ1v) is 10.5. The summed E-state index contributed by atoms with van der Waals surface area (Å²) in [7, 11) is 0. The minimum atomic E-state index is -0.444. The maximum absolute atomic E-state index is 12.3. The van der Waals surface area contributed by atoms with Gasteiger partial charge in [-0.25, -0.2) is 4.99 Å². The van der Waals surface area contributed by atoms with Crippen molar-refractivity contribution in [3.8, 4) is 11.3 Å². The Bertz CT molecular complexity index is 1280. The van der Waals surface area contributed by atoms with Gasteiger partial charge in [-0.2, -0.15) is 0 Å². The van der Waals surface area contributed by atoms with Gasteiger partial charge in [0.2, 0.25) is 0 Å². The molecule has 1 amide bonds. The van der Waals surface area contributed by atoms with Crippen molar-refractivity contribution in [2.24, 2.45) is 4.99 Å². The van der Waals surface area contributed by atoms with Crippen molar-refractivity contribution in [3.05, 3.63) is 84.9 Å². The van der Waals surface area contributed by atoms with Gasteiger partial charge in [-0.1, -0.05) is 29.3 Å². The fourth-order valence-electron chi connectivity index (χ4n) is 2.91. The van der Waals surface area contributed by atoms with Crippen molar-refractivity contribution < 1.29 is 14.1 Å². The molecule has 0 radical (unpaired) electrons. The predicted molar refractivity (Wildman–Crippen MR) is 123 cm³/mol. The lowest BCUT2D eigenvalue weighted by atomic mass is 10.1. The third-order valence-electron chi connectivity index (χ3n) is 4.39. The van der Waals surface area contributed by atoms with Crippen molar-refractivity contribution in [1.29, 1.82) is 0 Å². The molecule has 0 saturated carbocycles. The SMILES string of the molecule is Cc1cc([N+](=O)[O-])ccc1-c1ccc(/C=C2/SC(=Nc3cccc(Cl)c3Cl)NC2=O)o1. The van der Waals surface area contributed by atoms with Crippen molar-refractivity contribution >= 4 is 63.5 Å². The van der Waals surface area contributed by atoms with Crippen molar-refractivity contribution in [1.82, 2.24) is 5.32 Å². The Kier molecular flexibility index (Phi) is 5.86. The predicted octanol–water partition coefficient (Wildman–Crippen LogP) is 6.36. The first kappa shape index (κ1) is 21.2.